The first-order valence-corrected chi connectivity index (χ1v) is 10.7. The van der Waals surface area contributed by atoms with Crippen molar-refractivity contribution >= 4 is 35.0 Å². The zero-order valence-electron chi connectivity index (χ0n) is 16.9. The fourth-order valence-corrected chi connectivity index (χ4v) is 3.85. The van der Waals surface area contributed by atoms with E-state index in [4.69, 9.17) is 32.4 Å². The third-order valence-corrected chi connectivity index (χ3v) is 5.63. The summed E-state index contributed by atoms with van der Waals surface area (Å²) in [6, 6.07) is 13.7. The minimum absolute atomic E-state index is 0.114. The predicted octanol–water partition coefficient (Wildman–Crippen LogP) is 4.90. The van der Waals surface area contributed by atoms with Crippen LogP contribution in [0.2, 0.25) is 10.0 Å². The summed E-state index contributed by atoms with van der Waals surface area (Å²) in [5, 5.41) is 0.759. The second-order valence-electron chi connectivity index (χ2n) is 7.22. The zero-order chi connectivity index (χ0) is 22.7. The van der Waals surface area contributed by atoms with Gasteiger partial charge in [0, 0.05) is 31.2 Å². The molecule has 1 aliphatic heterocycles. The number of carbonyl (C=O) groups is 2. The predicted molar refractivity (Wildman–Crippen MR) is 118 cm³/mol. The van der Waals surface area contributed by atoms with Crippen LogP contribution in [0.4, 0.5) is 4.39 Å². The largest absolute Gasteiger partial charge is 0.486 e. The van der Waals surface area contributed by atoms with Crippen LogP contribution in [0.25, 0.3) is 0 Å². The Bertz CT molecular complexity index is 1130. The van der Waals surface area contributed by atoms with Crippen molar-refractivity contribution in [2.45, 2.75) is 6.61 Å². The van der Waals surface area contributed by atoms with Crippen molar-refractivity contribution in [3.63, 3.8) is 0 Å². The van der Waals surface area contributed by atoms with Crippen LogP contribution in [0.1, 0.15) is 26.7 Å². The van der Waals surface area contributed by atoms with Crippen molar-refractivity contribution in [2.75, 3.05) is 26.2 Å². The van der Waals surface area contributed by atoms with Crippen molar-refractivity contribution in [3.8, 4) is 5.75 Å². The van der Waals surface area contributed by atoms with E-state index in [1.165, 1.54) is 30.3 Å². The Kier molecular flexibility index (Phi) is 6.67. The first-order chi connectivity index (χ1) is 15.4. The first kappa shape index (κ1) is 22.2. The maximum Gasteiger partial charge on any atom is 0.289 e. The molecule has 6 nitrogen and oxygen atoms in total. The smallest absolute Gasteiger partial charge is 0.289 e. The van der Waals surface area contributed by atoms with E-state index in [1.54, 1.807) is 34.1 Å². The molecule has 0 radical (unpaired) electrons. The van der Waals surface area contributed by atoms with E-state index >= 15 is 0 Å². The van der Waals surface area contributed by atoms with Crippen molar-refractivity contribution < 1.29 is 23.1 Å². The monoisotopic (exact) mass is 476 g/mol. The molecule has 1 saturated heterocycles. The van der Waals surface area contributed by atoms with E-state index < -0.39 is 0 Å². The summed E-state index contributed by atoms with van der Waals surface area (Å²) in [5.41, 5.74) is 0.382. The molecule has 1 fully saturated rings. The lowest BCUT2D eigenvalue weighted by Crippen LogP contribution is -2.50. The summed E-state index contributed by atoms with van der Waals surface area (Å²) in [6.07, 6.45) is 0. The Labute approximate surface area is 194 Å². The van der Waals surface area contributed by atoms with Crippen molar-refractivity contribution in [3.05, 3.63) is 87.5 Å². The number of furan rings is 1. The number of rotatable bonds is 5. The summed E-state index contributed by atoms with van der Waals surface area (Å²) in [6.45, 7) is 1.62. The molecule has 32 heavy (non-hydrogen) atoms. The van der Waals surface area contributed by atoms with Crippen molar-refractivity contribution in [1.82, 2.24) is 9.80 Å². The Morgan fingerprint density at radius 3 is 2.22 bits per heavy atom. The second-order valence-corrected chi connectivity index (χ2v) is 8.06. The number of halogens is 3. The Balaban J connectivity index is 1.31. The van der Waals surface area contributed by atoms with Gasteiger partial charge in [-0.2, -0.15) is 0 Å². The van der Waals surface area contributed by atoms with Gasteiger partial charge < -0.3 is 19.0 Å². The van der Waals surface area contributed by atoms with Crippen LogP contribution >= 0.6 is 23.2 Å². The Morgan fingerprint density at radius 1 is 0.906 bits per heavy atom. The summed E-state index contributed by atoms with van der Waals surface area (Å²) in [5.74, 6) is 0.372. The molecular formula is C23H19Cl2FN2O4. The van der Waals surface area contributed by atoms with Gasteiger partial charge in [-0.05, 0) is 54.6 Å². The van der Waals surface area contributed by atoms with E-state index in [1.807, 2.05) is 0 Å². The van der Waals surface area contributed by atoms with Crippen LogP contribution in [0.5, 0.6) is 5.75 Å². The summed E-state index contributed by atoms with van der Waals surface area (Å²) in [7, 11) is 0. The molecule has 0 atom stereocenters. The molecule has 0 saturated carbocycles. The van der Waals surface area contributed by atoms with Crippen LogP contribution in [0, 0.1) is 5.82 Å². The minimum Gasteiger partial charge on any atom is -0.486 e. The van der Waals surface area contributed by atoms with E-state index in [-0.39, 0.29) is 30.0 Å². The van der Waals surface area contributed by atoms with Gasteiger partial charge >= 0.3 is 0 Å². The fraction of sp³-hybridized carbons (Fsp3) is 0.217. The molecule has 0 unspecified atom stereocenters. The van der Waals surface area contributed by atoms with Gasteiger partial charge in [-0.15, -0.1) is 0 Å². The number of piperazine rings is 1. The molecule has 0 bridgehead atoms. The van der Waals surface area contributed by atoms with Gasteiger partial charge in [0.1, 0.15) is 23.9 Å². The molecule has 4 rings (SSSR count). The molecular weight excluding hydrogens is 458 g/mol. The highest BCUT2D eigenvalue weighted by molar-refractivity contribution is 6.36. The number of ether oxygens (including phenoxy) is 1. The topological polar surface area (TPSA) is 63.0 Å². The number of amides is 2. The van der Waals surface area contributed by atoms with Crippen molar-refractivity contribution in [1.29, 1.82) is 0 Å². The van der Waals surface area contributed by atoms with Crippen LogP contribution in [0.3, 0.4) is 0 Å². The van der Waals surface area contributed by atoms with Gasteiger partial charge in [-0.1, -0.05) is 23.2 Å². The molecule has 9 heteroatoms. The molecule has 2 heterocycles. The summed E-state index contributed by atoms with van der Waals surface area (Å²) >= 11 is 12.0. The minimum atomic E-state index is -0.346. The highest BCUT2D eigenvalue weighted by Gasteiger charge is 2.27. The zero-order valence-corrected chi connectivity index (χ0v) is 18.4. The van der Waals surface area contributed by atoms with Gasteiger partial charge in [-0.3, -0.25) is 9.59 Å². The molecule has 1 aromatic heterocycles. The normalized spacial score (nSPS) is 13.8. The van der Waals surface area contributed by atoms with Crippen LogP contribution in [-0.2, 0) is 6.61 Å². The molecule has 0 spiro atoms. The molecule has 2 amide bonds. The molecule has 3 aromatic rings. The standard InChI is InChI=1S/C23H19Cl2FN2O4/c24-15-1-7-19(20(25)13-15)22(29)27-9-11-28(12-10-27)23(30)21-8-6-18(32-21)14-31-17-4-2-16(26)3-5-17/h1-8,13H,9-12,14H2. The van der Waals surface area contributed by atoms with Gasteiger partial charge in [-0.25, -0.2) is 4.39 Å². The average molecular weight is 477 g/mol. The number of carbonyl (C=O) groups excluding carboxylic acids is 2. The van der Waals surface area contributed by atoms with Crippen LogP contribution in [-0.4, -0.2) is 47.8 Å². The van der Waals surface area contributed by atoms with Gasteiger partial charge in [0.05, 0.1) is 10.6 Å². The maximum absolute atomic E-state index is 13.0. The van der Waals surface area contributed by atoms with Gasteiger partial charge in [0.25, 0.3) is 11.8 Å². The molecule has 1 aliphatic rings. The lowest BCUT2D eigenvalue weighted by atomic mass is 10.1. The van der Waals surface area contributed by atoms with Crippen molar-refractivity contribution in [2.24, 2.45) is 0 Å². The molecule has 0 N–H and O–H groups in total. The first-order valence-electron chi connectivity index (χ1n) is 9.91. The molecule has 2 aromatic carbocycles. The van der Waals surface area contributed by atoms with Crippen LogP contribution in [0.15, 0.2) is 59.0 Å². The fourth-order valence-electron chi connectivity index (χ4n) is 3.36. The third kappa shape index (κ3) is 5.06. The highest BCUT2D eigenvalue weighted by atomic mass is 35.5. The Morgan fingerprint density at radius 2 is 1.56 bits per heavy atom. The number of hydrogen-bond donors (Lipinski definition) is 0. The van der Waals surface area contributed by atoms with E-state index in [2.05, 4.69) is 0 Å². The SMILES string of the molecule is O=C(c1ccc(COc2ccc(F)cc2)o1)N1CCN(C(=O)c2ccc(Cl)cc2Cl)CC1. The quantitative estimate of drug-likeness (QED) is 0.525. The lowest BCUT2D eigenvalue weighted by Gasteiger charge is -2.34. The molecule has 0 aliphatic carbocycles. The highest BCUT2D eigenvalue weighted by Crippen LogP contribution is 2.23. The van der Waals surface area contributed by atoms with E-state index in [0.29, 0.717) is 53.3 Å². The number of hydrogen-bond acceptors (Lipinski definition) is 4. The third-order valence-electron chi connectivity index (χ3n) is 5.08. The lowest BCUT2D eigenvalue weighted by molar-refractivity contribution is 0.0516. The van der Waals surface area contributed by atoms with Gasteiger partial charge in [0.2, 0.25) is 0 Å². The van der Waals surface area contributed by atoms with E-state index in [9.17, 15) is 14.0 Å². The maximum atomic E-state index is 13.0. The van der Waals surface area contributed by atoms with E-state index in [0.717, 1.165) is 0 Å². The number of nitrogens with zero attached hydrogens (tertiary/aromatic N) is 2. The van der Waals surface area contributed by atoms with Gasteiger partial charge in [0.15, 0.2) is 5.76 Å². The second kappa shape index (κ2) is 9.63. The number of benzene rings is 2. The summed E-state index contributed by atoms with van der Waals surface area (Å²) < 4.78 is 24.1. The Hall–Kier alpha value is -3.03. The summed E-state index contributed by atoms with van der Waals surface area (Å²) in [4.78, 5) is 28.8. The molecule has 166 valence electrons. The average Bonchev–Trinajstić information content (AvgIpc) is 3.27. The van der Waals surface area contributed by atoms with Crippen LogP contribution < -0.4 is 4.74 Å².